The van der Waals surface area contributed by atoms with Crippen LogP contribution in [0.1, 0.15) is 49.8 Å². The molecule has 0 aromatic carbocycles. The van der Waals surface area contributed by atoms with Crippen molar-refractivity contribution in [2.24, 2.45) is 0 Å². The first-order valence-corrected chi connectivity index (χ1v) is 10.6. The SMILES string of the molecule is CN(CC(=O)O)C1CCCN(Cc2ccc(C(C)(C)C)s2)CC1.O=C(O)C(F)(F)F. The minimum atomic E-state index is -5.08. The van der Waals surface area contributed by atoms with E-state index in [9.17, 15) is 18.0 Å². The number of hydrogen-bond donors (Lipinski definition) is 2. The highest BCUT2D eigenvalue weighted by Crippen LogP contribution is 2.30. The normalized spacial score (nSPS) is 18.5. The molecule has 0 amide bonds. The van der Waals surface area contributed by atoms with Gasteiger partial charge in [0.2, 0.25) is 0 Å². The Kier molecular flexibility index (Phi) is 9.77. The molecule has 1 aliphatic heterocycles. The molecule has 1 aromatic heterocycles. The summed E-state index contributed by atoms with van der Waals surface area (Å²) >= 11 is 1.93. The molecule has 30 heavy (non-hydrogen) atoms. The Bertz CT molecular complexity index is 701. The van der Waals surface area contributed by atoms with Crippen molar-refractivity contribution >= 4 is 23.3 Å². The van der Waals surface area contributed by atoms with E-state index in [1.54, 1.807) is 0 Å². The number of carboxylic acids is 2. The predicted molar refractivity (Wildman–Crippen MR) is 110 cm³/mol. The first-order chi connectivity index (χ1) is 13.7. The maximum Gasteiger partial charge on any atom is 0.490 e. The van der Waals surface area contributed by atoms with Crippen LogP contribution in [-0.4, -0.2) is 70.9 Å². The van der Waals surface area contributed by atoms with Crippen molar-refractivity contribution in [2.45, 2.75) is 64.2 Å². The molecule has 2 rings (SSSR count). The topological polar surface area (TPSA) is 81.1 Å². The van der Waals surface area contributed by atoms with E-state index >= 15 is 0 Å². The van der Waals surface area contributed by atoms with Crippen LogP contribution in [0.4, 0.5) is 13.2 Å². The lowest BCUT2D eigenvalue weighted by atomic mass is 9.95. The second-order valence-corrected chi connectivity index (χ2v) is 9.66. The summed E-state index contributed by atoms with van der Waals surface area (Å²) in [6.07, 6.45) is -1.79. The van der Waals surface area contributed by atoms with Crippen LogP contribution in [0.3, 0.4) is 0 Å². The van der Waals surface area contributed by atoms with Gasteiger partial charge in [-0.25, -0.2) is 4.79 Å². The number of nitrogens with zero attached hydrogens (tertiary/aromatic N) is 2. The Hall–Kier alpha value is -1.65. The number of likely N-dealkylation sites (N-methyl/N-ethyl adjacent to an activating group) is 1. The molecule has 1 atom stereocenters. The molecule has 6 nitrogen and oxygen atoms in total. The summed E-state index contributed by atoms with van der Waals surface area (Å²) < 4.78 is 31.7. The lowest BCUT2D eigenvalue weighted by Gasteiger charge is -2.25. The summed E-state index contributed by atoms with van der Waals surface area (Å²) in [7, 11) is 1.93. The number of carbonyl (C=O) groups is 2. The molecule has 1 aliphatic rings. The average Bonchev–Trinajstić information content (AvgIpc) is 2.93. The van der Waals surface area contributed by atoms with E-state index in [-0.39, 0.29) is 12.0 Å². The summed E-state index contributed by atoms with van der Waals surface area (Å²) in [5.41, 5.74) is 0.229. The monoisotopic (exact) mass is 452 g/mol. The van der Waals surface area contributed by atoms with Gasteiger partial charge in [-0.2, -0.15) is 13.2 Å². The second kappa shape index (κ2) is 11.1. The third kappa shape index (κ3) is 9.44. The fraction of sp³-hybridized carbons (Fsp3) is 0.700. The van der Waals surface area contributed by atoms with Gasteiger partial charge in [0.1, 0.15) is 0 Å². The molecule has 1 saturated heterocycles. The van der Waals surface area contributed by atoms with E-state index in [1.807, 2.05) is 23.3 Å². The minimum Gasteiger partial charge on any atom is -0.480 e. The molecule has 1 aromatic rings. The Labute approximate surface area is 179 Å². The predicted octanol–water partition coefficient (Wildman–Crippen LogP) is 4.05. The third-order valence-corrected chi connectivity index (χ3v) is 6.32. The lowest BCUT2D eigenvalue weighted by Crippen LogP contribution is -2.36. The number of rotatable bonds is 5. The van der Waals surface area contributed by atoms with E-state index in [1.165, 1.54) is 9.75 Å². The van der Waals surface area contributed by atoms with Crippen LogP contribution in [-0.2, 0) is 21.5 Å². The largest absolute Gasteiger partial charge is 0.490 e. The van der Waals surface area contributed by atoms with Gasteiger partial charge < -0.3 is 10.2 Å². The standard InChI is InChI=1S/C18H30N2O2S.C2HF3O2/c1-18(2,3)16-8-7-15(23-16)12-20-10-5-6-14(9-11-20)19(4)13-17(21)22;3-2(4,5)1(6)7/h7-8,14H,5-6,9-13H2,1-4H3,(H,21,22);(H,6,7). The van der Waals surface area contributed by atoms with Crippen LogP contribution >= 0.6 is 11.3 Å². The maximum absolute atomic E-state index is 10.9. The van der Waals surface area contributed by atoms with Crippen LogP contribution in [0.5, 0.6) is 0 Å². The smallest absolute Gasteiger partial charge is 0.480 e. The van der Waals surface area contributed by atoms with E-state index in [2.05, 4.69) is 37.8 Å². The number of alkyl halides is 3. The molecule has 172 valence electrons. The molecule has 10 heteroatoms. The van der Waals surface area contributed by atoms with Crippen LogP contribution in [0.2, 0.25) is 0 Å². The molecule has 0 saturated carbocycles. The first-order valence-electron chi connectivity index (χ1n) is 9.74. The van der Waals surface area contributed by atoms with E-state index < -0.39 is 18.1 Å². The van der Waals surface area contributed by atoms with E-state index in [0.717, 1.165) is 38.9 Å². The zero-order chi connectivity index (χ0) is 23.1. The van der Waals surface area contributed by atoms with Gasteiger partial charge in [-0.1, -0.05) is 20.8 Å². The Balaban J connectivity index is 0.000000553. The van der Waals surface area contributed by atoms with Gasteiger partial charge in [0, 0.05) is 28.9 Å². The average molecular weight is 453 g/mol. The second-order valence-electron chi connectivity index (χ2n) is 8.49. The Morgan fingerprint density at radius 2 is 1.77 bits per heavy atom. The highest BCUT2D eigenvalue weighted by molar-refractivity contribution is 7.12. The van der Waals surface area contributed by atoms with Gasteiger partial charge >= 0.3 is 18.1 Å². The molecule has 1 fully saturated rings. The highest BCUT2D eigenvalue weighted by Gasteiger charge is 2.38. The van der Waals surface area contributed by atoms with Gasteiger partial charge in [0.25, 0.3) is 0 Å². The lowest BCUT2D eigenvalue weighted by molar-refractivity contribution is -0.192. The van der Waals surface area contributed by atoms with E-state index in [0.29, 0.717) is 6.04 Å². The van der Waals surface area contributed by atoms with Gasteiger partial charge in [0.05, 0.1) is 6.54 Å². The molecule has 2 heterocycles. The van der Waals surface area contributed by atoms with Crippen LogP contribution in [0, 0.1) is 0 Å². The molecule has 0 spiro atoms. The van der Waals surface area contributed by atoms with Gasteiger partial charge in [-0.3, -0.25) is 14.6 Å². The maximum atomic E-state index is 10.9. The van der Waals surface area contributed by atoms with Crippen molar-refractivity contribution in [3.63, 3.8) is 0 Å². The zero-order valence-corrected chi connectivity index (χ0v) is 18.6. The fourth-order valence-corrected chi connectivity index (χ4v) is 4.27. The fourth-order valence-electron chi connectivity index (χ4n) is 3.17. The summed E-state index contributed by atoms with van der Waals surface area (Å²) in [5.74, 6) is -3.49. The summed E-state index contributed by atoms with van der Waals surface area (Å²) in [5, 5.41) is 16.1. The first kappa shape index (κ1) is 26.4. The van der Waals surface area contributed by atoms with Crippen LogP contribution in [0.25, 0.3) is 0 Å². The summed E-state index contributed by atoms with van der Waals surface area (Å²) in [4.78, 5) is 27.2. The quantitative estimate of drug-likeness (QED) is 0.702. The van der Waals surface area contributed by atoms with Gasteiger partial charge in [0.15, 0.2) is 0 Å². The Morgan fingerprint density at radius 3 is 2.23 bits per heavy atom. The summed E-state index contributed by atoms with van der Waals surface area (Å²) in [6.45, 7) is 10.1. The van der Waals surface area contributed by atoms with Crippen molar-refractivity contribution in [3.05, 3.63) is 21.9 Å². The van der Waals surface area contributed by atoms with E-state index in [4.69, 9.17) is 15.0 Å². The molecule has 0 aliphatic carbocycles. The van der Waals surface area contributed by atoms with Gasteiger partial charge in [-0.05, 0) is 50.4 Å². The van der Waals surface area contributed by atoms with Crippen molar-refractivity contribution in [3.8, 4) is 0 Å². The highest BCUT2D eigenvalue weighted by atomic mass is 32.1. The minimum absolute atomic E-state index is 0.143. The summed E-state index contributed by atoms with van der Waals surface area (Å²) in [6, 6.07) is 4.93. The number of likely N-dealkylation sites (tertiary alicyclic amines) is 1. The number of halogens is 3. The molecule has 2 N–H and O–H groups in total. The van der Waals surface area contributed by atoms with Crippen molar-refractivity contribution in [1.82, 2.24) is 9.80 Å². The van der Waals surface area contributed by atoms with Gasteiger partial charge in [-0.15, -0.1) is 11.3 Å². The van der Waals surface area contributed by atoms with Crippen LogP contribution in [0.15, 0.2) is 12.1 Å². The number of carboxylic acid groups (broad SMARTS) is 2. The van der Waals surface area contributed by atoms with Crippen molar-refractivity contribution in [2.75, 3.05) is 26.7 Å². The molecular formula is C20H31F3N2O4S. The van der Waals surface area contributed by atoms with Crippen LogP contribution < -0.4 is 0 Å². The molecular weight excluding hydrogens is 421 g/mol. The zero-order valence-electron chi connectivity index (χ0n) is 17.8. The van der Waals surface area contributed by atoms with Crippen molar-refractivity contribution in [1.29, 1.82) is 0 Å². The molecule has 1 unspecified atom stereocenters. The molecule has 0 bridgehead atoms. The molecule has 0 radical (unpaired) electrons. The Morgan fingerprint density at radius 1 is 1.17 bits per heavy atom. The van der Waals surface area contributed by atoms with Crippen molar-refractivity contribution < 1.29 is 33.0 Å². The number of aliphatic carboxylic acids is 2. The number of hydrogen-bond acceptors (Lipinski definition) is 5. The number of thiophene rings is 1. The third-order valence-electron chi connectivity index (χ3n) is 4.82.